The molecule has 0 fully saturated rings. The lowest BCUT2D eigenvalue weighted by molar-refractivity contribution is -0.120. The Bertz CT molecular complexity index is 769. The van der Waals surface area contributed by atoms with E-state index < -0.39 is 23.7 Å². The fraction of sp³-hybridized carbons (Fsp3) is 0.263. The lowest BCUT2D eigenvalue weighted by Gasteiger charge is -2.20. The predicted molar refractivity (Wildman–Crippen MR) is 103 cm³/mol. The van der Waals surface area contributed by atoms with E-state index in [1.807, 2.05) is 30.3 Å². The van der Waals surface area contributed by atoms with Crippen molar-refractivity contribution in [3.05, 3.63) is 65.5 Å². The van der Waals surface area contributed by atoms with Gasteiger partial charge in [0.2, 0.25) is 5.91 Å². The van der Waals surface area contributed by atoms with Gasteiger partial charge in [0.05, 0.1) is 11.5 Å². The van der Waals surface area contributed by atoms with E-state index in [2.05, 4.69) is 5.32 Å². The highest BCUT2D eigenvalue weighted by atomic mass is 35.5. The summed E-state index contributed by atoms with van der Waals surface area (Å²) in [5.74, 6) is -1.90. The molecule has 0 aliphatic heterocycles. The highest BCUT2D eigenvalue weighted by Gasteiger charge is 2.23. The van der Waals surface area contributed by atoms with Gasteiger partial charge in [0.1, 0.15) is 5.82 Å². The highest BCUT2D eigenvalue weighted by Crippen LogP contribution is 2.22. The third kappa shape index (κ3) is 5.03. The topological polar surface area (TPSA) is 75.4 Å². The van der Waals surface area contributed by atoms with Crippen LogP contribution in [0.25, 0.3) is 0 Å². The van der Waals surface area contributed by atoms with E-state index in [9.17, 15) is 14.0 Å². The summed E-state index contributed by atoms with van der Waals surface area (Å²) in [5, 5.41) is 2.70. The quantitative estimate of drug-likeness (QED) is 0.837. The van der Waals surface area contributed by atoms with Crippen molar-refractivity contribution in [1.82, 2.24) is 4.90 Å². The van der Waals surface area contributed by atoms with Crippen LogP contribution in [0, 0.1) is 11.7 Å². The molecule has 0 aliphatic rings. The summed E-state index contributed by atoms with van der Waals surface area (Å²) in [6, 6.07) is 12.8. The molecule has 26 heavy (non-hydrogen) atoms. The zero-order valence-corrected chi connectivity index (χ0v) is 15.7. The van der Waals surface area contributed by atoms with Gasteiger partial charge >= 0.3 is 0 Å². The van der Waals surface area contributed by atoms with Crippen LogP contribution in [-0.4, -0.2) is 30.8 Å². The number of hydrogen-bond donors (Lipinski definition) is 2. The van der Waals surface area contributed by atoms with Crippen molar-refractivity contribution in [3.63, 3.8) is 0 Å². The van der Waals surface area contributed by atoms with E-state index in [0.717, 1.165) is 11.6 Å². The molecule has 0 spiro atoms. The van der Waals surface area contributed by atoms with Gasteiger partial charge in [0.15, 0.2) is 0 Å². The molecule has 5 nitrogen and oxygen atoms in total. The third-order valence-electron chi connectivity index (χ3n) is 4.01. The third-order valence-corrected chi connectivity index (χ3v) is 4.01. The van der Waals surface area contributed by atoms with E-state index in [-0.39, 0.29) is 23.9 Å². The largest absolute Gasteiger partial charge is 0.345 e. The minimum Gasteiger partial charge on any atom is -0.345 e. The first-order chi connectivity index (χ1) is 11.8. The Morgan fingerprint density at radius 2 is 1.73 bits per heavy atom. The van der Waals surface area contributed by atoms with Crippen LogP contribution in [0.2, 0.25) is 0 Å². The Hall–Kier alpha value is -2.44. The maximum absolute atomic E-state index is 13.8. The Kier molecular flexibility index (Phi) is 7.74. The highest BCUT2D eigenvalue weighted by molar-refractivity contribution is 5.97. The summed E-state index contributed by atoms with van der Waals surface area (Å²) in [7, 11) is 3.07. The summed E-state index contributed by atoms with van der Waals surface area (Å²) in [4.78, 5) is 25.7. The maximum Gasteiger partial charge on any atom is 0.256 e. The van der Waals surface area contributed by atoms with E-state index in [0.29, 0.717) is 5.69 Å². The molecule has 0 aliphatic carbocycles. The van der Waals surface area contributed by atoms with Crippen molar-refractivity contribution in [3.8, 4) is 0 Å². The van der Waals surface area contributed by atoms with Crippen LogP contribution in [0.15, 0.2) is 48.5 Å². The molecule has 0 heterocycles. The molecule has 0 aromatic heterocycles. The van der Waals surface area contributed by atoms with Gasteiger partial charge in [-0.15, -0.1) is 12.4 Å². The average Bonchev–Trinajstić information content (AvgIpc) is 2.62. The van der Waals surface area contributed by atoms with Gasteiger partial charge in [-0.05, 0) is 23.8 Å². The monoisotopic (exact) mass is 379 g/mol. The standard InChI is InChI=1S/C19H22FN3O2.ClH/c1-12(17(21)13-7-5-4-6-8-13)18(24)22-14-9-10-16(20)15(11-14)19(25)23(2)3;/h4-12,17H,21H2,1-3H3,(H,22,24);1H. The molecule has 0 saturated heterocycles. The SMILES string of the molecule is CC(C(=O)Nc1ccc(F)c(C(=O)N(C)C)c1)C(N)c1ccccc1.Cl. The minimum absolute atomic E-state index is 0. The Morgan fingerprint density at radius 1 is 1.12 bits per heavy atom. The minimum atomic E-state index is -0.634. The molecule has 3 N–H and O–H groups in total. The first-order valence-corrected chi connectivity index (χ1v) is 7.94. The van der Waals surface area contributed by atoms with Crippen LogP contribution in [0.5, 0.6) is 0 Å². The summed E-state index contributed by atoms with van der Waals surface area (Å²) >= 11 is 0. The molecular formula is C19H23ClFN3O2. The van der Waals surface area contributed by atoms with Gasteiger partial charge in [-0.2, -0.15) is 0 Å². The number of nitrogens with zero attached hydrogens (tertiary/aromatic N) is 1. The van der Waals surface area contributed by atoms with Gasteiger partial charge in [-0.1, -0.05) is 37.3 Å². The van der Waals surface area contributed by atoms with Gasteiger partial charge in [-0.25, -0.2) is 4.39 Å². The van der Waals surface area contributed by atoms with Crippen molar-refractivity contribution in [2.45, 2.75) is 13.0 Å². The molecule has 7 heteroatoms. The smallest absolute Gasteiger partial charge is 0.256 e. The molecular weight excluding hydrogens is 357 g/mol. The molecule has 2 rings (SSSR count). The zero-order valence-electron chi connectivity index (χ0n) is 14.9. The lowest BCUT2D eigenvalue weighted by Crippen LogP contribution is -2.30. The van der Waals surface area contributed by atoms with Gasteiger partial charge in [0, 0.05) is 25.8 Å². The van der Waals surface area contributed by atoms with E-state index in [1.54, 1.807) is 6.92 Å². The second-order valence-electron chi connectivity index (χ2n) is 6.11. The number of benzene rings is 2. The Morgan fingerprint density at radius 3 is 2.31 bits per heavy atom. The van der Waals surface area contributed by atoms with Crippen LogP contribution in [0.3, 0.4) is 0 Å². The molecule has 0 bridgehead atoms. The molecule has 2 amide bonds. The first kappa shape index (κ1) is 21.6. The summed E-state index contributed by atoms with van der Waals surface area (Å²) < 4.78 is 13.8. The van der Waals surface area contributed by atoms with Crippen molar-refractivity contribution < 1.29 is 14.0 Å². The number of halogens is 2. The zero-order chi connectivity index (χ0) is 18.6. The molecule has 2 unspecified atom stereocenters. The van der Waals surface area contributed by atoms with Crippen molar-refractivity contribution in [1.29, 1.82) is 0 Å². The first-order valence-electron chi connectivity index (χ1n) is 7.94. The van der Waals surface area contributed by atoms with E-state index >= 15 is 0 Å². The average molecular weight is 380 g/mol. The van der Waals surface area contributed by atoms with Crippen molar-refractivity contribution in [2.24, 2.45) is 11.7 Å². The summed E-state index contributed by atoms with van der Waals surface area (Å²) in [6.45, 7) is 1.72. The normalized spacial score (nSPS) is 12.5. The number of amides is 2. The molecule has 2 aromatic rings. The summed E-state index contributed by atoms with van der Waals surface area (Å²) in [6.07, 6.45) is 0. The van der Waals surface area contributed by atoms with Gasteiger partial charge < -0.3 is 16.0 Å². The Labute approximate surface area is 158 Å². The number of carbonyl (C=O) groups is 2. The molecule has 2 atom stereocenters. The van der Waals surface area contributed by atoms with Crippen LogP contribution < -0.4 is 11.1 Å². The molecule has 140 valence electrons. The summed E-state index contributed by atoms with van der Waals surface area (Å²) in [5.41, 5.74) is 7.26. The number of rotatable bonds is 5. The van der Waals surface area contributed by atoms with Gasteiger partial charge in [0.25, 0.3) is 5.91 Å². The van der Waals surface area contributed by atoms with Crippen LogP contribution in [0.1, 0.15) is 28.9 Å². The number of hydrogen-bond acceptors (Lipinski definition) is 3. The van der Waals surface area contributed by atoms with Gasteiger partial charge in [-0.3, -0.25) is 9.59 Å². The second kappa shape index (κ2) is 9.31. The van der Waals surface area contributed by atoms with Crippen molar-refractivity contribution in [2.75, 3.05) is 19.4 Å². The molecule has 0 saturated carbocycles. The maximum atomic E-state index is 13.8. The fourth-order valence-electron chi connectivity index (χ4n) is 2.39. The lowest BCUT2D eigenvalue weighted by atomic mass is 9.94. The number of nitrogens with two attached hydrogens (primary N) is 1. The van der Waals surface area contributed by atoms with Crippen LogP contribution >= 0.6 is 12.4 Å². The number of anilines is 1. The number of carbonyl (C=O) groups excluding carboxylic acids is 2. The predicted octanol–water partition coefficient (Wildman–Crippen LogP) is 3.22. The number of nitrogens with one attached hydrogen (secondary N) is 1. The van der Waals surface area contributed by atoms with Crippen LogP contribution in [0.4, 0.5) is 10.1 Å². The van der Waals surface area contributed by atoms with Crippen molar-refractivity contribution >= 4 is 29.9 Å². The fourth-order valence-corrected chi connectivity index (χ4v) is 2.39. The second-order valence-corrected chi connectivity index (χ2v) is 6.11. The molecule has 2 aromatic carbocycles. The van der Waals surface area contributed by atoms with E-state index in [4.69, 9.17) is 5.73 Å². The molecule has 0 radical (unpaired) electrons. The Balaban J connectivity index is 0.00000338. The van der Waals surface area contributed by atoms with Crippen LogP contribution in [-0.2, 0) is 4.79 Å². The van der Waals surface area contributed by atoms with E-state index in [1.165, 1.54) is 31.1 Å².